The molecule has 222 valence electrons. The highest BCUT2D eigenvalue weighted by molar-refractivity contribution is 5.96. The van der Waals surface area contributed by atoms with Gasteiger partial charge in [-0.3, -0.25) is 10.1 Å². The van der Waals surface area contributed by atoms with E-state index in [1.165, 1.54) is 37.3 Å². The quantitative estimate of drug-likeness (QED) is 0.153. The SMILES string of the molecule is C=C/C=C(/c1cc(C)cc(F)c1)c1cc(-c2n[nH]c3ccc(-c4cncc(CNCC5CCCC5)c4)cc23)[nH]c1C.CC. The van der Waals surface area contributed by atoms with Gasteiger partial charge in [0, 0.05) is 41.1 Å². The van der Waals surface area contributed by atoms with Gasteiger partial charge in [0.1, 0.15) is 11.5 Å². The highest BCUT2D eigenvalue weighted by atomic mass is 19.1. The lowest BCUT2D eigenvalue weighted by Crippen LogP contribution is -2.20. The van der Waals surface area contributed by atoms with E-state index < -0.39 is 0 Å². The van der Waals surface area contributed by atoms with Crippen LogP contribution in [-0.4, -0.2) is 26.7 Å². The van der Waals surface area contributed by atoms with E-state index in [9.17, 15) is 4.39 Å². The largest absolute Gasteiger partial charge is 0.357 e. The highest BCUT2D eigenvalue weighted by Crippen LogP contribution is 2.35. The van der Waals surface area contributed by atoms with E-state index in [1.54, 1.807) is 12.1 Å². The molecular weight excluding hydrogens is 533 g/mol. The minimum Gasteiger partial charge on any atom is -0.357 e. The zero-order chi connectivity index (χ0) is 30.3. The van der Waals surface area contributed by atoms with Gasteiger partial charge in [0.25, 0.3) is 0 Å². The van der Waals surface area contributed by atoms with E-state index in [1.807, 2.05) is 52.2 Å². The monoisotopic (exact) mass is 575 g/mol. The molecule has 0 saturated heterocycles. The molecule has 0 amide bonds. The Morgan fingerprint density at radius 3 is 2.60 bits per heavy atom. The van der Waals surface area contributed by atoms with E-state index in [-0.39, 0.29) is 5.82 Å². The van der Waals surface area contributed by atoms with Crippen LogP contribution >= 0.6 is 0 Å². The minimum atomic E-state index is -0.252. The van der Waals surface area contributed by atoms with E-state index in [0.29, 0.717) is 0 Å². The number of pyridine rings is 1. The number of benzene rings is 2. The predicted molar refractivity (Wildman–Crippen MR) is 177 cm³/mol. The second kappa shape index (κ2) is 13.8. The third kappa shape index (κ3) is 6.86. The molecule has 6 rings (SSSR count). The zero-order valence-corrected chi connectivity index (χ0v) is 25.7. The van der Waals surface area contributed by atoms with Crippen LogP contribution < -0.4 is 5.32 Å². The van der Waals surface area contributed by atoms with Crippen LogP contribution in [0.25, 0.3) is 39.0 Å². The fourth-order valence-corrected chi connectivity index (χ4v) is 6.09. The summed E-state index contributed by atoms with van der Waals surface area (Å²) in [6.07, 6.45) is 13.0. The van der Waals surface area contributed by atoms with Gasteiger partial charge in [0.2, 0.25) is 0 Å². The molecule has 3 N–H and O–H groups in total. The van der Waals surface area contributed by atoms with Gasteiger partial charge < -0.3 is 10.3 Å². The number of halogens is 1. The summed E-state index contributed by atoms with van der Waals surface area (Å²) in [5.41, 5.74) is 10.6. The highest BCUT2D eigenvalue weighted by Gasteiger charge is 2.18. The van der Waals surface area contributed by atoms with Crippen LogP contribution in [0.4, 0.5) is 4.39 Å². The molecule has 3 heterocycles. The van der Waals surface area contributed by atoms with Crippen LogP contribution in [0.5, 0.6) is 0 Å². The van der Waals surface area contributed by atoms with Gasteiger partial charge in [-0.25, -0.2) is 4.39 Å². The van der Waals surface area contributed by atoms with E-state index in [2.05, 4.69) is 62.4 Å². The number of aromatic nitrogens is 4. The van der Waals surface area contributed by atoms with Crippen molar-refractivity contribution in [1.82, 2.24) is 25.5 Å². The predicted octanol–water partition coefficient (Wildman–Crippen LogP) is 9.30. The van der Waals surface area contributed by atoms with Crippen molar-refractivity contribution in [2.24, 2.45) is 5.92 Å². The first-order chi connectivity index (χ1) is 21.0. The van der Waals surface area contributed by atoms with Gasteiger partial charge in [-0.1, -0.05) is 57.6 Å². The van der Waals surface area contributed by atoms with Gasteiger partial charge >= 0.3 is 0 Å². The number of aromatic amines is 2. The van der Waals surface area contributed by atoms with Crippen LogP contribution in [0.2, 0.25) is 0 Å². The van der Waals surface area contributed by atoms with Crippen molar-refractivity contribution in [3.05, 3.63) is 113 Å². The van der Waals surface area contributed by atoms with E-state index in [4.69, 9.17) is 0 Å². The molecule has 0 bridgehead atoms. The number of H-pyrrole nitrogens is 2. The van der Waals surface area contributed by atoms with E-state index in [0.717, 1.165) is 80.4 Å². The number of nitrogens with zero attached hydrogens (tertiary/aromatic N) is 2. The molecular formula is C37H42FN5. The van der Waals surface area contributed by atoms with Crippen molar-refractivity contribution in [3.8, 4) is 22.5 Å². The molecule has 0 radical (unpaired) electrons. The average molecular weight is 576 g/mol. The third-order valence-corrected chi connectivity index (χ3v) is 8.13. The zero-order valence-electron chi connectivity index (χ0n) is 25.7. The van der Waals surface area contributed by atoms with Crippen molar-refractivity contribution in [2.75, 3.05) is 6.54 Å². The third-order valence-electron chi connectivity index (χ3n) is 8.13. The van der Waals surface area contributed by atoms with Crippen molar-refractivity contribution in [1.29, 1.82) is 0 Å². The summed E-state index contributed by atoms with van der Waals surface area (Å²) < 4.78 is 14.3. The van der Waals surface area contributed by atoms with Gasteiger partial charge in [0.15, 0.2) is 0 Å². The standard InChI is InChI=1S/C35H36FN5.C2H6/c1-4-7-30(27-12-22(2)13-29(36)15-27)31-17-34(39-23(31)3)35-32-16-26(10-11-33(32)40-41-35)28-14-25(20-38-21-28)19-37-18-24-8-5-6-9-24;1-2/h4,7,10-17,20-21,24,37,39H,1,5-6,8-9,18-19H2,2-3H3,(H,40,41);1-2H3/b30-7-;. The molecule has 5 nitrogen and oxygen atoms in total. The van der Waals surface area contributed by atoms with Crippen LogP contribution in [0.1, 0.15) is 67.5 Å². The van der Waals surface area contributed by atoms with Gasteiger partial charge in [-0.15, -0.1) is 0 Å². The van der Waals surface area contributed by atoms with Crippen LogP contribution in [0.15, 0.2) is 79.7 Å². The summed E-state index contributed by atoms with van der Waals surface area (Å²) >= 11 is 0. The smallest absolute Gasteiger partial charge is 0.124 e. The topological polar surface area (TPSA) is 69.4 Å². The summed E-state index contributed by atoms with van der Waals surface area (Å²) in [7, 11) is 0. The minimum absolute atomic E-state index is 0.252. The molecule has 1 fully saturated rings. The Morgan fingerprint density at radius 1 is 1.02 bits per heavy atom. The van der Waals surface area contributed by atoms with Crippen LogP contribution in [-0.2, 0) is 6.54 Å². The van der Waals surface area contributed by atoms with Gasteiger partial charge in [-0.05, 0) is 103 Å². The Labute approximate surface area is 254 Å². The van der Waals surface area contributed by atoms with Crippen molar-refractivity contribution in [3.63, 3.8) is 0 Å². The Balaban J connectivity index is 0.00000180. The van der Waals surface area contributed by atoms with Gasteiger partial charge in [0.05, 0.1) is 11.2 Å². The fraction of sp³-hybridized carbons (Fsp3) is 0.297. The fourth-order valence-electron chi connectivity index (χ4n) is 6.09. The molecule has 3 aromatic heterocycles. The molecule has 0 unspecified atom stereocenters. The summed E-state index contributed by atoms with van der Waals surface area (Å²) in [6.45, 7) is 13.7. The molecule has 0 aliphatic heterocycles. The molecule has 0 atom stereocenters. The molecule has 0 spiro atoms. The van der Waals surface area contributed by atoms with Crippen molar-refractivity contribution < 1.29 is 4.39 Å². The first-order valence-corrected chi connectivity index (χ1v) is 15.4. The normalized spacial score (nSPS) is 13.7. The number of hydrogen-bond acceptors (Lipinski definition) is 3. The molecule has 5 aromatic rings. The maximum Gasteiger partial charge on any atom is 0.124 e. The summed E-state index contributed by atoms with van der Waals surface area (Å²) in [4.78, 5) is 8.06. The number of hydrogen-bond donors (Lipinski definition) is 3. The molecule has 43 heavy (non-hydrogen) atoms. The first-order valence-electron chi connectivity index (χ1n) is 15.4. The number of fused-ring (bicyclic) bond motifs is 1. The lowest BCUT2D eigenvalue weighted by molar-refractivity contribution is 0.489. The van der Waals surface area contributed by atoms with E-state index >= 15 is 0 Å². The summed E-state index contributed by atoms with van der Waals surface area (Å²) in [5, 5.41) is 12.5. The Morgan fingerprint density at radius 2 is 1.84 bits per heavy atom. The van der Waals surface area contributed by atoms with Crippen molar-refractivity contribution >= 4 is 16.5 Å². The molecule has 1 saturated carbocycles. The lowest BCUT2D eigenvalue weighted by atomic mass is 9.96. The summed E-state index contributed by atoms with van der Waals surface area (Å²) in [5.74, 6) is 0.559. The molecule has 6 heteroatoms. The van der Waals surface area contributed by atoms with Crippen molar-refractivity contribution in [2.45, 2.75) is 59.9 Å². The second-order valence-electron chi connectivity index (χ2n) is 11.3. The maximum atomic E-state index is 14.3. The van der Waals surface area contributed by atoms with Crippen LogP contribution in [0, 0.1) is 25.6 Å². The second-order valence-corrected chi connectivity index (χ2v) is 11.3. The molecule has 2 aromatic carbocycles. The maximum absolute atomic E-state index is 14.3. The summed E-state index contributed by atoms with van der Waals surface area (Å²) in [6, 6.07) is 15.8. The number of aryl methyl sites for hydroxylation is 2. The Hall–Kier alpha value is -4.29. The Bertz CT molecular complexity index is 1720. The lowest BCUT2D eigenvalue weighted by Gasteiger charge is -2.11. The first kappa shape index (κ1) is 30.2. The average Bonchev–Trinajstić information content (AvgIpc) is 3.77. The number of nitrogens with one attached hydrogen (secondary N) is 3. The molecule has 1 aliphatic carbocycles. The van der Waals surface area contributed by atoms with Gasteiger partial charge in [-0.2, -0.15) is 5.10 Å². The molecule has 1 aliphatic rings. The number of allylic oxidation sites excluding steroid dienone is 2. The van der Waals surface area contributed by atoms with Crippen LogP contribution in [0.3, 0.4) is 0 Å². The Kier molecular flexibility index (Phi) is 9.68. The number of rotatable bonds is 9.